The Morgan fingerprint density at radius 3 is 2.35 bits per heavy atom. The number of aromatic hydroxyl groups is 1. The van der Waals surface area contributed by atoms with Gasteiger partial charge in [-0.15, -0.1) is 0 Å². The summed E-state index contributed by atoms with van der Waals surface area (Å²) in [4.78, 5) is 17.7. The molecule has 3 rings (SSSR count). The quantitative estimate of drug-likeness (QED) is 0.892. The fourth-order valence-corrected chi connectivity index (χ4v) is 3.83. The van der Waals surface area contributed by atoms with E-state index in [-0.39, 0.29) is 17.4 Å². The average molecular weight is 376 g/mol. The number of nitrogens with zero attached hydrogens (tertiary/aromatic N) is 3. The van der Waals surface area contributed by atoms with E-state index in [1.54, 1.807) is 10.6 Å². The molecule has 2 aromatic rings. The number of rotatable bonds is 4. The Bertz CT molecular complexity index is 824. The van der Waals surface area contributed by atoms with Crippen LogP contribution in [0.15, 0.2) is 35.1 Å². The summed E-state index contributed by atoms with van der Waals surface area (Å²) in [6, 6.07) is 8.97. The van der Waals surface area contributed by atoms with E-state index >= 15 is 0 Å². The fourth-order valence-electron chi connectivity index (χ4n) is 3.70. The topological polar surface area (TPSA) is 48.7 Å². The minimum absolute atomic E-state index is 0.0658. The molecule has 1 aliphatic heterocycles. The second-order valence-corrected chi connectivity index (χ2v) is 7.36. The van der Waals surface area contributed by atoms with E-state index in [0.717, 1.165) is 37.4 Å². The molecule has 1 atom stereocenters. The smallest absolute Gasteiger partial charge is 0.259 e. The summed E-state index contributed by atoms with van der Waals surface area (Å²) in [5.41, 5.74) is 2.07. The molecule has 1 aromatic carbocycles. The molecule has 0 spiro atoms. The first-order valence-corrected chi connectivity index (χ1v) is 9.41. The van der Waals surface area contributed by atoms with Gasteiger partial charge in [-0.05, 0) is 44.7 Å². The van der Waals surface area contributed by atoms with Crippen molar-refractivity contribution in [2.45, 2.75) is 26.4 Å². The monoisotopic (exact) mass is 375 g/mol. The third-order valence-electron chi connectivity index (χ3n) is 5.20. The average Bonchev–Trinajstić information content (AvgIpc) is 2.61. The number of pyridine rings is 1. The van der Waals surface area contributed by atoms with Gasteiger partial charge in [0.25, 0.3) is 5.56 Å². The number of likely N-dealkylation sites (N-methyl/N-ethyl adjacent to an activating group) is 1. The zero-order valence-electron chi connectivity index (χ0n) is 15.6. The molecule has 1 N–H and O–H groups in total. The van der Waals surface area contributed by atoms with Crippen molar-refractivity contribution in [1.82, 2.24) is 14.4 Å². The Morgan fingerprint density at radius 2 is 1.77 bits per heavy atom. The molecule has 0 radical (unpaired) electrons. The lowest BCUT2D eigenvalue weighted by atomic mass is 9.96. The lowest BCUT2D eigenvalue weighted by Gasteiger charge is -2.38. The van der Waals surface area contributed by atoms with Gasteiger partial charge in [0.15, 0.2) is 0 Å². The van der Waals surface area contributed by atoms with Crippen molar-refractivity contribution in [3.05, 3.63) is 62.5 Å². The largest absolute Gasteiger partial charge is 0.507 e. The standard InChI is InChI=1S/C20H26ClN3O2/c1-4-24-14(2)13-17(25)18(20(24)26)19(15-5-7-16(21)8-6-15)23-11-9-22(3)10-12-23/h5-8,13,19,25H,4,9-12H2,1-3H3. The molecule has 1 aliphatic rings. The zero-order valence-corrected chi connectivity index (χ0v) is 16.3. The van der Waals surface area contributed by atoms with Crippen LogP contribution in [0.3, 0.4) is 0 Å². The number of benzene rings is 1. The van der Waals surface area contributed by atoms with Crippen LogP contribution in [0.5, 0.6) is 5.75 Å². The van der Waals surface area contributed by atoms with E-state index in [2.05, 4.69) is 16.8 Å². The lowest BCUT2D eigenvalue weighted by Crippen LogP contribution is -2.47. The Labute approximate surface area is 159 Å². The summed E-state index contributed by atoms with van der Waals surface area (Å²) in [5, 5.41) is 11.3. The first-order valence-electron chi connectivity index (χ1n) is 9.03. The van der Waals surface area contributed by atoms with Crippen LogP contribution in [0.2, 0.25) is 5.02 Å². The van der Waals surface area contributed by atoms with Crippen LogP contribution in [0.1, 0.15) is 29.8 Å². The Hall–Kier alpha value is -1.82. The maximum atomic E-state index is 13.2. The second-order valence-electron chi connectivity index (χ2n) is 6.93. The first kappa shape index (κ1) is 19.0. The van der Waals surface area contributed by atoms with E-state index < -0.39 is 0 Å². The van der Waals surface area contributed by atoms with Crippen molar-refractivity contribution < 1.29 is 5.11 Å². The van der Waals surface area contributed by atoms with Crippen LogP contribution >= 0.6 is 11.6 Å². The third-order valence-corrected chi connectivity index (χ3v) is 5.45. The molecule has 26 heavy (non-hydrogen) atoms. The Balaban J connectivity index is 2.15. The van der Waals surface area contributed by atoms with E-state index in [0.29, 0.717) is 17.1 Å². The van der Waals surface area contributed by atoms with Crippen LogP contribution in [0.4, 0.5) is 0 Å². The summed E-state index contributed by atoms with van der Waals surface area (Å²) in [6.45, 7) is 7.90. The van der Waals surface area contributed by atoms with E-state index in [9.17, 15) is 9.90 Å². The third kappa shape index (κ3) is 3.65. The molecule has 6 heteroatoms. The summed E-state index contributed by atoms with van der Waals surface area (Å²) in [6.07, 6.45) is 0. The molecule has 0 bridgehead atoms. The minimum atomic E-state index is -0.285. The highest BCUT2D eigenvalue weighted by Crippen LogP contribution is 2.33. The van der Waals surface area contributed by atoms with Gasteiger partial charge in [-0.2, -0.15) is 0 Å². The number of hydrogen-bond acceptors (Lipinski definition) is 4. The summed E-state index contributed by atoms with van der Waals surface area (Å²) < 4.78 is 1.72. The molecule has 0 aliphatic carbocycles. The maximum Gasteiger partial charge on any atom is 0.259 e. The highest BCUT2D eigenvalue weighted by atomic mass is 35.5. The first-order chi connectivity index (χ1) is 12.4. The molecule has 1 fully saturated rings. The van der Waals surface area contributed by atoms with Crippen molar-refractivity contribution in [1.29, 1.82) is 0 Å². The summed E-state index contributed by atoms with van der Waals surface area (Å²) in [5.74, 6) is 0.0658. The highest BCUT2D eigenvalue weighted by molar-refractivity contribution is 6.30. The van der Waals surface area contributed by atoms with Crippen molar-refractivity contribution in [2.75, 3.05) is 33.2 Å². The predicted molar refractivity (Wildman–Crippen MR) is 105 cm³/mol. The van der Waals surface area contributed by atoms with Gasteiger partial charge in [0.1, 0.15) is 5.75 Å². The van der Waals surface area contributed by atoms with E-state index in [1.807, 2.05) is 38.1 Å². The molecular weight excluding hydrogens is 350 g/mol. The minimum Gasteiger partial charge on any atom is -0.507 e. The Kier molecular flexibility index (Phi) is 5.70. The maximum absolute atomic E-state index is 13.2. The Morgan fingerprint density at radius 1 is 1.15 bits per heavy atom. The van der Waals surface area contributed by atoms with Crippen LogP contribution in [0, 0.1) is 6.92 Å². The molecule has 140 valence electrons. The van der Waals surface area contributed by atoms with Gasteiger partial charge in [0.05, 0.1) is 11.6 Å². The van der Waals surface area contributed by atoms with Crippen LogP contribution < -0.4 is 5.56 Å². The predicted octanol–water partition coefficient (Wildman–Crippen LogP) is 2.87. The van der Waals surface area contributed by atoms with Crippen molar-refractivity contribution in [3.8, 4) is 5.75 Å². The van der Waals surface area contributed by atoms with Crippen LogP contribution in [0.25, 0.3) is 0 Å². The normalized spacial score (nSPS) is 17.4. The van der Waals surface area contributed by atoms with Gasteiger partial charge < -0.3 is 14.6 Å². The number of hydrogen-bond donors (Lipinski definition) is 1. The molecule has 1 unspecified atom stereocenters. The number of aryl methyl sites for hydroxylation is 1. The van der Waals surface area contributed by atoms with E-state index in [4.69, 9.17) is 11.6 Å². The fraction of sp³-hybridized carbons (Fsp3) is 0.450. The molecular formula is C20H26ClN3O2. The van der Waals surface area contributed by atoms with Gasteiger partial charge >= 0.3 is 0 Å². The van der Waals surface area contributed by atoms with Gasteiger partial charge in [0, 0.05) is 43.4 Å². The van der Waals surface area contributed by atoms with Crippen LogP contribution in [-0.2, 0) is 6.54 Å². The van der Waals surface area contributed by atoms with Crippen molar-refractivity contribution in [2.24, 2.45) is 0 Å². The highest BCUT2D eigenvalue weighted by Gasteiger charge is 2.30. The van der Waals surface area contributed by atoms with Crippen LogP contribution in [-0.4, -0.2) is 52.7 Å². The summed E-state index contributed by atoms with van der Waals surface area (Å²) >= 11 is 6.06. The number of halogens is 1. The molecule has 0 saturated carbocycles. The number of aromatic nitrogens is 1. The van der Waals surface area contributed by atoms with E-state index in [1.165, 1.54) is 0 Å². The summed E-state index contributed by atoms with van der Waals surface area (Å²) in [7, 11) is 2.10. The zero-order chi connectivity index (χ0) is 18.8. The van der Waals surface area contributed by atoms with Gasteiger partial charge in [-0.1, -0.05) is 23.7 Å². The van der Waals surface area contributed by atoms with Gasteiger partial charge in [0.2, 0.25) is 0 Å². The molecule has 2 heterocycles. The number of piperazine rings is 1. The second kappa shape index (κ2) is 7.82. The van der Waals surface area contributed by atoms with Crippen molar-refractivity contribution >= 4 is 11.6 Å². The van der Waals surface area contributed by atoms with Crippen molar-refractivity contribution in [3.63, 3.8) is 0 Å². The molecule has 1 aromatic heterocycles. The molecule has 1 saturated heterocycles. The lowest BCUT2D eigenvalue weighted by molar-refractivity contribution is 0.125. The molecule has 0 amide bonds. The van der Waals surface area contributed by atoms with Gasteiger partial charge in [-0.25, -0.2) is 0 Å². The SMILES string of the molecule is CCn1c(C)cc(O)c(C(c2ccc(Cl)cc2)N2CCN(C)CC2)c1=O. The molecule has 5 nitrogen and oxygen atoms in total. The van der Waals surface area contributed by atoms with Gasteiger partial charge in [-0.3, -0.25) is 9.69 Å².